The number of aliphatic hydroxyl groups is 1. The average Bonchev–Trinajstić information content (AvgIpc) is 3.40. The van der Waals surface area contributed by atoms with E-state index in [-0.39, 0.29) is 37.8 Å². The predicted octanol–water partition coefficient (Wildman–Crippen LogP) is 3.36. The van der Waals surface area contributed by atoms with Gasteiger partial charge in [-0.2, -0.15) is 5.10 Å². The van der Waals surface area contributed by atoms with Crippen molar-refractivity contribution in [1.29, 1.82) is 0 Å². The molecule has 0 bridgehead atoms. The van der Waals surface area contributed by atoms with Crippen LogP contribution in [0.15, 0.2) is 36.5 Å². The Kier molecular flexibility index (Phi) is 5.01. The lowest BCUT2D eigenvalue weighted by Crippen LogP contribution is -2.14. The van der Waals surface area contributed by atoms with Crippen molar-refractivity contribution in [3.8, 4) is 0 Å². The van der Waals surface area contributed by atoms with E-state index in [1.54, 1.807) is 18.3 Å². The van der Waals surface area contributed by atoms with Gasteiger partial charge >= 0.3 is 0 Å². The number of ether oxygens (including phenoxy) is 1. The summed E-state index contributed by atoms with van der Waals surface area (Å²) in [6.07, 6.45) is 4.22. The highest BCUT2D eigenvalue weighted by Gasteiger charge is 2.24. The van der Waals surface area contributed by atoms with Gasteiger partial charge in [-0.25, -0.2) is 4.39 Å². The molecule has 2 aromatic carbocycles. The number of rotatable bonds is 8. The first-order chi connectivity index (χ1) is 13.2. The van der Waals surface area contributed by atoms with Crippen molar-refractivity contribution in [2.24, 2.45) is 0 Å². The Morgan fingerprint density at radius 1 is 1.30 bits per heavy atom. The van der Waals surface area contributed by atoms with Crippen LogP contribution in [-0.2, 0) is 11.2 Å². The van der Waals surface area contributed by atoms with Gasteiger partial charge in [0.15, 0.2) is 5.78 Å². The molecular weight excluding hydrogens is 347 g/mol. The van der Waals surface area contributed by atoms with Crippen molar-refractivity contribution in [3.63, 3.8) is 0 Å². The summed E-state index contributed by atoms with van der Waals surface area (Å²) in [4.78, 5) is 12.6. The molecule has 0 spiro atoms. The van der Waals surface area contributed by atoms with E-state index in [0.717, 1.165) is 29.3 Å². The van der Waals surface area contributed by atoms with Gasteiger partial charge < -0.3 is 9.84 Å². The third-order valence-corrected chi connectivity index (χ3v) is 4.99. The lowest BCUT2D eigenvalue weighted by Gasteiger charge is -2.12. The van der Waals surface area contributed by atoms with Gasteiger partial charge in [0.25, 0.3) is 0 Å². The van der Waals surface area contributed by atoms with Crippen LogP contribution in [0.5, 0.6) is 0 Å². The van der Waals surface area contributed by atoms with Gasteiger partial charge in [-0.15, -0.1) is 0 Å². The highest BCUT2D eigenvalue weighted by atomic mass is 19.1. The molecule has 5 nitrogen and oxygen atoms in total. The van der Waals surface area contributed by atoms with Crippen molar-refractivity contribution in [1.82, 2.24) is 10.2 Å². The van der Waals surface area contributed by atoms with Crippen LogP contribution in [0.1, 0.15) is 45.8 Å². The van der Waals surface area contributed by atoms with Crippen molar-refractivity contribution < 1.29 is 19.0 Å². The Bertz CT molecular complexity index is 979. The van der Waals surface area contributed by atoms with Gasteiger partial charge in [0.1, 0.15) is 12.4 Å². The van der Waals surface area contributed by atoms with Crippen LogP contribution in [0, 0.1) is 5.82 Å². The number of fused-ring (bicyclic) bond motifs is 1. The predicted molar refractivity (Wildman–Crippen MR) is 99.5 cm³/mol. The smallest absolute Gasteiger partial charge is 0.188 e. The number of H-pyrrole nitrogens is 1. The second-order valence-electron chi connectivity index (χ2n) is 6.93. The van der Waals surface area contributed by atoms with Gasteiger partial charge in [-0.05, 0) is 41.5 Å². The van der Waals surface area contributed by atoms with Gasteiger partial charge in [-0.3, -0.25) is 9.89 Å². The number of nitrogens with one attached hydrogen (secondary N) is 1. The maximum absolute atomic E-state index is 14.7. The van der Waals surface area contributed by atoms with E-state index in [4.69, 9.17) is 9.84 Å². The molecule has 0 radical (unpaired) electrons. The number of carbonyl (C=O) groups excluding carboxylic acids is 1. The molecule has 1 aliphatic carbocycles. The van der Waals surface area contributed by atoms with E-state index in [2.05, 4.69) is 10.2 Å². The van der Waals surface area contributed by atoms with Crippen LogP contribution in [0.2, 0.25) is 0 Å². The molecule has 0 atom stereocenters. The first-order valence-electron chi connectivity index (χ1n) is 9.12. The Hall–Kier alpha value is -2.57. The maximum Gasteiger partial charge on any atom is 0.188 e. The van der Waals surface area contributed by atoms with E-state index in [1.165, 1.54) is 0 Å². The zero-order valence-electron chi connectivity index (χ0n) is 14.9. The van der Waals surface area contributed by atoms with Gasteiger partial charge in [-0.1, -0.05) is 24.3 Å². The summed E-state index contributed by atoms with van der Waals surface area (Å²) in [5, 5.41) is 16.7. The molecule has 27 heavy (non-hydrogen) atoms. The fourth-order valence-electron chi connectivity index (χ4n) is 3.39. The van der Waals surface area contributed by atoms with Crippen molar-refractivity contribution in [3.05, 3.63) is 64.6 Å². The molecule has 1 fully saturated rings. The van der Waals surface area contributed by atoms with E-state index in [0.29, 0.717) is 22.6 Å². The number of ketones is 1. The van der Waals surface area contributed by atoms with Crippen molar-refractivity contribution in [2.75, 3.05) is 19.8 Å². The Balaban J connectivity index is 1.67. The van der Waals surface area contributed by atoms with E-state index >= 15 is 0 Å². The zero-order chi connectivity index (χ0) is 18.8. The summed E-state index contributed by atoms with van der Waals surface area (Å²) >= 11 is 0. The Morgan fingerprint density at radius 3 is 2.89 bits per heavy atom. The largest absolute Gasteiger partial charge is 0.394 e. The molecule has 0 unspecified atom stereocenters. The number of nitrogens with zero attached hydrogens (tertiary/aromatic N) is 1. The van der Waals surface area contributed by atoms with E-state index in [1.807, 2.05) is 18.2 Å². The first kappa shape index (κ1) is 17.8. The minimum atomic E-state index is -0.245. The van der Waals surface area contributed by atoms with Crippen molar-refractivity contribution >= 4 is 16.7 Å². The van der Waals surface area contributed by atoms with Crippen molar-refractivity contribution in [2.45, 2.75) is 25.2 Å². The topological polar surface area (TPSA) is 75.2 Å². The molecule has 3 aromatic rings. The first-order valence-corrected chi connectivity index (χ1v) is 9.12. The highest BCUT2D eigenvalue weighted by molar-refractivity contribution is 6.02. The third kappa shape index (κ3) is 3.77. The number of aliphatic hydroxyl groups excluding tert-OH is 1. The SMILES string of the molecule is O=C(COCCO)c1ccc2cn[nH]c2c1Cc1ccc(C2CC2)cc1F. The van der Waals surface area contributed by atoms with Crippen LogP contribution in [-0.4, -0.2) is 40.9 Å². The number of halogens is 1. The normalized spacial score (nSPS) is 14.0. The third-order valence-electron chi connectivity index (χ3n) is 4.99. The standard InChI is InChI=1S/C21H21FN2O3/c22-19-10-14(13-1-2-13)3-4-15(19)9-18-17(20(26)12-27-8-7-25)6-5-16-11-23-24-21(16)18/h3-6,10-11,13,25H,1-2,7-9,12H2,(H,23,24). The molecule has 140 valence electrons. The van der Waals surface area contributed by atoms with Gasteiger partial charge in [0, 0.05) is 17.4 Å². The number of aromatic amines is 1. The Morgan fingerprint density at radius 2 is 2.15 bits per heavy atom. The van der Waals surface area contributed by atoms with E-state index in [9.17, 15) is 9.18 Å². The fourth-order valence-corrected chi connectivity index (χ4v) is 3.39. The van der Waals surface area contributed by atoms with E-state index < -0.39 is 0 Å². The molecule has 0 saturated heterocycles. The number of hydrogen-bond acceptors (Lipinski definition) is 4. The summed E-state index contributed by atoms with van der Waals surface area (Å²) in [5.41, 5.74) is 3.52. The fraction of sp³-hybridized carbons (Fsp3) is 0.333. The minimum Gasteiger partial charge on any atom is -0.394 e. The maximum atomic E-state index is 14.7. The number of Topliss-reactive ketones (excluding diaryl/α,β-unsaturated/α-hetero) is 1. The van der Waals surface area contributed by atoms with Gasteiger partial charge in [0.05, 0.1) is 24.9 Å². The molecule has 1 aliphatic rings. The van der Waals surface area contributed by atoms with Gasteiger partial charge in [0.2, 0.25) is 0 Å². The summed E-state index contributed by atoms with van der Waals surface area (Å²) in [6, 6.07) is 8.96. The summed E-state index contributed by atoms with van der Waals surface area (Å²) in [7, 11) is 0. The average molecular weight is 368 g/mol. The molecule has 6 heteroatoms. The molecular formula is C21H21FN2O3. The summed E-state index contributed by atoms with van der Waals surface area (Å²) < 4.78 is 19.8. The van der Waals surface area contributed by atoms with Crippen LogP contribution < -0.4 is 0 Å². The number of carbonyl (C=O) groups is 1. The Labute approximate surface area is 156 Å². The zero-order valence-corrected chi connectivity index (χ0v) is 14.9. The number of aromatic nitrogens is 2. The lowest BCUT2D eigenvalue weighted by atomic mass is 9.94. The second-order valence-corrected chi connectivity index (χ2v) is 6.93. The van der Waals surface area contributed by atoms with Crippen LogP contribution in [0.3, 0.4) is 0 Å². The number of hydrogen-bond donors (Lipinski definition) is 2. The molecule has 4 rings (SSSR count). The quantitative estimate of drug-likeness (QED) is 0.472. The van der Waals surface area contributed by atoms with Crippen LogP contribution >= 0.6 is 0 Å². The molecule has 1 heterocycles. The van der Waals surface area contributed by atoms with Crippen LogP contribution in [0.25, 0.3) is 10.9 Å². The molecule has 0 amide bonds. The molecule has 1 aromatic heterocycles. The lowest BCUT2D eigenvalue weighted by molar-refractivity contribution is 0.0663. The molecule has 0 aliphatic heterocycles. The summed E-state index contributed by atoms with van der Waals surface area (Å²) in [6.45, 7) is -0.167. The summed E-state index contributed by atoms with van der Waals surface area (Å²) in [5.74, 6) is 0.0428. The molecule has 1 saturated carbocycles. The highest BCUT2D eigenvalue weighted by Crippen LogP contribution is 2.40. The van der Waals surface area contributed by atoms with Crippen LogP contribution in [0.4, 0.5) is 4.39 Å². The minimum absolute atomic E-state index is 0.102. The number of benzene rings is 2. The second kappa shape index (κ2) is 7.58. The molecule has 2 N–H and O–H groups in total. The monoisotopic (exact) mass is 368 g/mol.